The number of halogens is 1. The van der Waals surface area contributed by atoms with Gasteiger partial charge in [0.2, 0.25) is 0 Å². The van der Waals surface area contributed by atoms with Crippen LogP contribution in [-0.2, 0) is 0 Å². The van der Waals surface area contributed by atoms with Crippen molar-refractivity contribution in [2.24, 2.45) is 0 Å². The summed E-state index contributed by atoms with van der Waals surface area (Å²) >= 11 is 0. The second-order valence-corrected chi connectivity index (χ2v) is 5.38. The molecule has 0 saturated carbocycles. The van der Waals surface area contributed by atoms with Gasteiger partial charge in [0, 0.05) is 6.54 Å². The van der Waals surface area contributed by atoms with E-state index in [0.29, 0.717) is 30.9 Å². The van der Waals surface area contributed by atoms with Crippen LogP contribution in [0.25, 0.3) is 0 Å². The molecule has 0 spiro atoms. The van der Waals surface area contributed by atoms with Crippen molar-refractivity contribution in [3.05, 3.63) is 23.5 Å². The minimum absolute atomic E-state index is 0.159. The quantitative estimate of drug-likeness (QED) is 0.918. The zero-order chi connectivity index (χ0) is 13.9. The van der Waals surface area contributed by atoms with E-state index in [1.807, 2.05) is 0 Å². The molecular formula is C15H20FNO3. The molecule has 0 amide bonds. The Bertz CT molecular complexity index is 474. The molecule has 1 aromatic rings. The first-order chi connectivity index (χ1) is 9.74. The van der Waals surface area contributed by atoms with Crippen LogP contribution in [0.5, 0.6) is 11.5 Å². The molecule has 3 rings (SSSR count). The molecule has 1 aromatic carbocycles. The standard InChI is InChI=1S/C15H20FNO3/c16-12-9-11(10-14-15(12)20-8-7-19-14)13(18)3-6-17-4-1-2-5-17/h9-10,13,18H,1-8H2/t13-/m0/s1. The third kappa shape index (κ3) is 2.88. The molecule has 5 heteroatoms. The second-order valence-electron chi connectivity index (χ2n) is 5.38. The van der Waals surface area contributed by atoms with Gasteiger partial charge in [-0.2, -0.15) is 0 Å². The average molecular weight is 281 g/mol. The smallest absolute Gasteiger partial charge is 0.197 e. The summed E-state index contributed by atoms with van der Waals surface area (Å²) in [6, 6.07) is 3.04. The number of fused-ring (bicyclic) bond motifs is 1. The Labute approximate surface area is 118 Å². The Hall–Kier alpha value is -1.33. The summed E-state index contributed by atoms with van der Waals surface area (Å²) in [5.74, 6) is 0.0932. The van der Waals surface area contributed by atoms with Crippen LogP contribution in [0.4, 0.5) is 4.39 Å². The lowest BCUT2D eigenvalue weighted by atomic mass is 10.0. The molecule has 0 aromatic heterocycles. The van der Waals surface area contributed by atoms with Gasteiger partial charge in [0.25, 0.3) is 0 Å². The molecule has 0 radical (unpaired) electrons. The van der Waals surface area contributed by atoms with Crippen LogP contribution >= 0.6 is 0 Å². The van der Waals surface area contributed by atoms with E-state index in [-0.39, 0.29) is 5.75 Å². The third-order valence-electron chi connectivity index (χ3n) is 3.92. The molecule has 1 atom stereocenters. The van der Waals surface area contributed by atoms with E-state index in [4.69, 9.17) is 9.47 Å². The monoisotopic (exact) mass is 281 g/mol. The molecule has 2 aliphatic heterocycles. The minimum Gasteiger partial charge on any atom is -0.486 e. The topological polar surface area (TPSA) is 41.9 Å². The van der Waals surface area contributed by atoms with Crippen LogP contribution in [0.1, 0.15) is 30.9 Å². The van der Waals surface area contributed by atoms with Crippen LogP contribution in [-0.4, -0.2) is 42.9 Å². The van der Waals surface area contributed by atoms with Gasteiger partial charge in [-0.3, -0.25) is 0 Å². The summed E-state index contributed by atoms with van der Waals surface area (Å²) in [5, 5.41) is 10.2. The number of likely N-dealkylation sites (tertiary alicyclic amines) is 1. The largest absolute Gasteiger partial charge is 0.486 e. The maximum absolute atomic E-state index is 13.9. The third-order valence-corrected chi connectivity index (χ3v) is 3.92. The van der Waals surface area contributed by atoms with Crippen LogP contribution in [0.15, 0.2) is 12.1 Å². The summed E-state index contributed by atoms with van der Waals surface area (Å²) < 4.78 is 24.5. The lowest BCUT2D eigenvalue weighted by Crippen LogP contribution is -2.22. The van der Waals surface area contributed by atoms with Crippen molar-refractivity contribution in [1.82, 2.24) is 4.90 Å². The first-order valence-corrected chi connectivity index (χ1v) is 7.23. The van der Waals surface area contributed by atoms with Gasteiger partial charge >= 0.3 is 0 Å². The first kappa shape index (κ1) is 13.6. The molecule has 0 bridgehead atoms. The first-order valence-electron chi connectivity index (χ1n) is 7.23. The van der Waals surface area contributed by atoms with Gasteiger partial charge in [0.15, 0.2) is 17.3 Å². The highest BCUT2D eigenvalue weighted by atomic mass is 19.1. The molecule has 1 saturated heterocycles. The number of hydrogen-bond donors (Lipinski definition) is 1. The minimum atomic E-state index is -0.666. The summed E-state index contributed by atoms with van der Waals surface area (Å²) in [6.07, 6.45) is 2.41. The zero-order valence-electron chi connectivity index (χ0n) is 11.5. The Kier molecular flexibility index (Phi) is 4.08. The van der Waals surface area contributed by atoms with Gasteiger partial charge < -0.3 is 19.5 Å². The van der Waals surface area contributed by atoms with E-state index in [9.17, 15) is 9.50 Å². The molecule has 1 fully saturated rings. The fraction of sp³-hybridized carbons (Fsp3) is 0.600. The van der Waals surface area contributed by atoms with E-state index < -0.39 is 11.9 Å². The van der Waals surface area contributed by atoms with Gasteiger partial charge in [-0.05, 0) is 50.0 Å². The van der Waals surface area contributed by atoms with Gasteiger partial charge in [-0.25, -0.2) is 4.39 Å². The van der Waals surface area contributed by atoms with E-state index in [0.717, 1.165) is 19.6 Å². The van der Waals surface area contributed by atoms with E-state index in [1.165, 1.54) is 18.9 Å². The number of nitrogens with zero attached hydrogens (tertiary/aromatic N) is 1. The lowest BCUT2D eigenvalue weighted by Gasteiger charge is -2.22. The van der Waals surface area contributed by atoms with Gasteiger partial charge in [0.05, 0.1) is 6.10 Å². The maximum atomic E-state index is 13.9. The Morgan fingerprint density at radius 3 is 2.75 bits per heavy atom. The molecule has 0 unspecified atom stereocenters. The highest BCUT2D eigenvalue weighted by Crippen LogP contribution is 2.36. The van der Waals surface area contributed by atoms with Gasteiger partial charge in [-0.1, -0.05) is 0 Å². The Morgan fingerprint density at radius 2 is 1.95 bits per heavy atom. The Morgan fingerprint density at radius 1 is 1.20 bits per heavy atom. The molecular weight excluding hydrogens is 261 g/mol. The van der Waals surface area contributed by atoms with Crippen molar-refractivity contribution in [1.29, 1.82) is 0 Å². The van der Waals surface area contributed by atoms with Crippen LogP contribution in [0.2, 0.25) is 0 Å². The van der Waals surface area contributed by atoms with Crippen LogP contribution in [0, 0.1) is 5.82 Å². The van der Waals surface area contributed by atoms with Crippen LogP contribution in [0.3, 0.4) is 0 Å². The van der Waals surface area contributed by atoms with E-state index in [1.54, 1.807) is 6.07 Å². The van der Waals surface area contributed by atoms with Crippen molar-refractivity contribution < 1.29 is 19.0 Å². The van der Waals surface area contributed by atoms with Crippen molar-refractivity contribution in [2.45, 2.75) is 25.4 Å². The van der Waals surface area contributed by atoms with Gasteiger partial charge in [-0.15, -0.1) is 0 Å². The predicted octanol–water partition coefficient (Wildman–Crippen LogP) is 2.12. The number of rotatable bonds is 4. The predicted molar refractivity (Wildman–Crippen MR) is 72.6 cm³/mol. The van der Waals surface area contributed by atoms with Crippen molar-refractivity contribution >= 4 is 0 Å². The normalized spacial score (nSPS) is 20.1. The Balaban J connectivity index is 1.67. The SMILES string of the molecule is O[C@@H](CCN1CCCC1)c1cc(F)c2c(c1)OCCO2. The zero-order valence-corrected chi connectivity index (χ0v) is 11.5. The molecule has 1 N–H and O–H groups in total. The molecule has 4 nitrogen and oxygen atoms in total. The number of benzene rings is 1. The summed E-state index contributed by atoms with van der Waals surface area (Å²) in [4.78, 5) is 2.33. The van der Waals surface area contributed by atoms with Crippen LogP contribution < -0.4 is 9.47 Å². The van der Waals surface area contributed by atoms with Gasteiger partial charge in [0.1, 0.15) is 13.2 Å². The lowest BCUT2D eigenvalue weighted by molar-refractivity contribution is 0.143. The summed E-state index contributed by atoms with van der Waals surface area (Å²) in [7, 11) is 0. The summed E-state index contributed by atoms with van der Waals surface area (Å²) in [5.41, 5.74) is 0.561. The molecule has 2 aliphatic rings. The molecule has 20 heavy (non-hydrogen) atoms. The fourth-order valence-corrected chi connectivity index (χ4v) is 2.80. The second kappa shape index (κ2) is 5.97. The van der Waals surface area contributed by atoms with Crippen molar-refractivity contribution in [3.8, 4) is 11.5 Å². The van der Waals surface area contributed by atoms with Crippen molar-refractivity contribution in [3.63, 3.8) is 0 Å². The molecule has 2 heterocycles. The molecule has 110 valence electrons. The number of aliphatic hydroxyl groups is 1. The number of aliphatic hydroxyl groups excluding tert-OH is 1. The van der Waals surface area contributed by atoms with E-state index in [2.05, 4.69) is 4.90 Å². The van der Waals surface area contributed by atoms with Crippen molar-refractivity contribution in [2.75, 3.05) is 32.8 Å². The highest BCUT2D eigenvalue weighted by molar-refractivity contribution is 5.45. The summed E-state index contributed by atoms with van der Waals surface area (Å²) in [6.45, 7) is 3.82. The average Bonchev–Trinajstić information content (AvgIpc) is 2.98. The van der Waals surface area contributed by atoms with E-state index >= 15 is 0 Å². The fourth-order valence-electron chi connectivity index (χ4n) is 2.80. The molecule has 0 aliphatic carbocycles. The number of hydrogen-bond acceptors (Lipinski definition) is 4. The number of ether oxygens (including phenoxy) is 2. The maximum Gasteiger partial charge on any atom is 0.197 e. The highest BCUT2D eigenvalue weighted by Gasteiger charge is 2.21.